The van der Waals surface area contributed by atoms with E-state index in [-0.39, 0.29) is 12.3 Å². The molecule has 0 aliphatic heterocycles. The van der Waals surface area contributed by atoms with Gasteiger partial charge in [-0.25, -0.2) is 0 Å². The number of carbonyl (C=O) groups is 1. The first-order valence-electron chi connectivity index (χ1n) is 7.46. The smallest absolute Gasteiger partial charge is 0.270 e. The number of halogens is 3. The number of ether oxygens (including phenoxy) is 1. The van der Waals surface area contributed by atoms with Gasteiger partial charge >= 0.3 is 0 Å². The van der Waals surface area contributed by atoms with Crippen molar-refractivity contribution in [2.75, 3.05) is 11.9 Å². The second-order valence-electron chi connectivity index (χ2n) is 5.33. The minimum absolute atomic E-state index is 0.0764. The highest BCUT2D eigenvalue weighted by atomic mass is 79.9. The van der Waals surface area contributed by atoms with E-state index in [1.54, 1.807) is 6.20 Å². The fourth-order valence-electron chi connectivity index (χ4n) is 2.33. The second-order valence-corrected chi connectivity index (χ2v) is 7.89. The summed E-state index contributed by atoms with van der Waals surface area (Å²) in [6.07, 6.45) is 1.64. The number of fused-ring (bicyclic) bond motifs is 1. The molecule has 0 atom stereocenters. The van der Waals surface area contributed by atoms with Gasteiger partial charge in [-0.2, -0.15) is 0 Å². The Morgan fingerprint density at radius 1 is 1.15 bits per heavy atom. The summed E-state index contributed by atoms with van der Waals surface area (Å²) in [7, 11) is 0. The Kier molecular flexibility index (Phi) is 6.08. The van der Waals surface area contributed by atoms with Gasteiger partial charge in [-0.15, -0.1) is 0 Å². The van der Waals surface area contributed by atoms with Crippen LogP contribution in [0.25, 0.3) is 10.9 Å². The molecule has 1 amide bonds. The monoisotopic (exact) mass is 557 g/mol. The quantitative estimate of drug-likeness (QED) is 0.331. The first kappa shape index (κ1) is 19.7. The topological polar surface area (TPSA) is 94.4 Å². The fraction of sp³-hybridized carbons (Fsp3) is 0.0588. The van der Waals surface area contributed by atoms with Crippen molar-refractivity contribution in [3.63, 3.8) is 0 Å². The minimum atomic E-state index is -0.511. The van der Waals surface area contributed by atoms with Crippen molar-refractivity contribution in [3.8, 4) is 5.75 Å². The number of aromatic nitrogens is 1. The highest BCUT2D eigenvalue weighted by Crippen LogP contribution is 2.37. The maximum atomic E-state index is 12.2. The largest absolute Gasteiger partial charge is 0.480 e. The molecular formula is C17H10Br3N3O4. The van der Waals surface area contributed by atoms with Gasteiger partial charge in [0, 0.05) is 32.7 Å². The zero-order chi connectivity index (χ0) is 19.6. The number of pyridine rings is 1. The molecule has 3 aromatic rings. The summed E-state index contributed by atoms with van der Waals surface area (Å²) < 4.78 is 7.59. The van der Waals surface area contributed by atoms with E-state index in [1.165, 1.54) is 18.2 Å². The highest BCUT2D eigenvalue weighted by Gasteiger charge is 2.15. The third kappa shape index (κ3) is 4.45. The lowest BCUT2D eigenvalue weighted by atomic mass is 10.2. The lowest BCUT2D eigenvalue weighted by molar-refractivity contribution is -0.384. The van der Waals surface area contributed by atoms with Crippen LogP contribution in [-0.4, -0.2) is 22.4 Å². The van der Waals surface area contributed by atoms with E-state index < -0.39 is 10.8 Å². The van der Waals surface area contributed by atoms with Crippen LogP contribution in [-0.2, 0) is 4.79 Å². The molecule has 0 unspecified atom stereocenters. The molecule has 0 saturated heterocycles. The van der Waals surface area contributed by atoms with Gasteiger partial charge in [0.05, 0.1) is 15.1 Å². The highest BCUT2D eigenvalue weighted by molar-refractivity contribution is 9.11. The van der Waals surface area contributed by atoms with Crippen molar-refractivity contribution in [2.24, 2.45) is 0 Å². The third-order valence-corrected chi connectivity index (χ3v) is 5.44. The molecule has 3 rings (SSSR count). The van der Waals surface area contributed by atoms with Crippen molar-refractivity contribution in [3.05, 3.63) is 66.1 Å². The maximum Gasteiger partial charge on any atom is 0.270 e. The van der Waals surface area contributed by atoms with Crippen molar-refractivity contribution in [1.29, 1.82) is 0 Å². The van der Waals surface area contributed by atoms with Crippen LogP contribution in [0.2, 0.25) is 0 Å². The molecule has 0 radical (unpaired) electrons. The van der Waals surface area contributed by atoms with Crippen molar-refractivity contribution >= 4 is 76.0 Å². The van der Waals surface area contributed by atoms with Crippen LogP contribution < -0.4 is 10.1 Å². The molecule has 1 N–H and O–H groups in total. The Labute approximate surface area is 178 Å². The summed E-state index contributed by atoms with van der Waals surface area (Å²) in [6.45, 7) is -0.255. The average Bonchev–Trinajstić information content (AvgIpc) is 2.63. The third-order valence-electron chi connectivity index (χ3n) is 3.54. The van der Waals surface area contributed by atoms with Crippen LogP contribution >= 0.6 is 47.8 Å². The molecule has 1 heterocycles. The number of hydrogen-bond acceptors (Lipinski definition) is 5. The molecule has 0 saturated carbocycles. The Morgan fingerprint density at radius 3 is 2.63 bits per heavy atom. The summed E-state index contributed by atoms with van der Waals surface area (Å²) in [6, 6.07) is 9.60. The fourth-order valence-corrected chi connectivity index (χ4v) is 4.18. The van der Waals surface area contributed by atoms with E-state index in [2.05, 4.69) is 58.1 Å². The molecule has 0 aliphatic rings. The van der Waals surface area contributed by atoms with Gasteiger partial charge < -0.3 is 10.1 Å². The van der Waals surface area contributed by atoms with E-state index >= 15 is 0 Å². The SMILES string of the molecule is O=C(COc1c(Br)cc(Br)c2cccnc12)Nc1ccc([N+](=O)[O-])cc1Br. The van der Waals surface area contributed by atoms with Gasteiger partial charge in [0.25, 0.3) is 11.6 Å². The van der Waals surface area contributed by atoms with E-state index in [9.17, 15) is 14.9 Å². The maximum absolute atomic E-state index is 12.2. The van der Waals surface area contributed by atoms with Crippen LogP contribution in [0.3, 0.4) is 0 Å². The number of rotatable bonds is 5. The number of nitrogens with zero attached hydrogens (tertiary/aromatic N) is 2. The standard InChI is InChI=1S/C17H10Br3N3O4/c18-11-7-13(20)17(16-10(11)2-1-5-21-16)27-8-15(24)22-14-4-3-9(23(25)26)6-12(14)19/h1-7H,8H2,(H,22,24). The summed E-state index contributed by atoms with van der Waals surface area (Å²) in [5.74, 6) is 0.0372. The molecule has 0 aliphatic carbocycles. The predicted octanol–water partition coefficient (Wildman–Crippen LogP) is 5.45. The lowest BCUT2D eigenvalue weighted by Gasteiger charge is -2.12. The predicted molar refractivity (Wildman–Crippen MR) is 112 cm³/mol. The number of amides is 1. The zero-order valence-corrected chi connectivity index (χ0v) is 18.2. The Balaban J connectivity index is 1.75. The van der Waals surface area contributed by atoms with Gasteiger partial charge in [-0.1, -0.05) is 22.0 Å². The van der Waals surface area contributed by atoms with Crippen LogP contribution in [0.5, 0.6) is 5.75 Å². The van der Waals surface area contributed by atoms with Crippen LogP contribution in [0.1, 0.15) is 0 Å². The zero-order valence-electron chi connectivity index (χ0n) is 13.4. The Morgan fingerprint density at radius 2 is 1.93 bits per heavy atom. The molecule has 0 fully saturated rings. The number of nitro groups is 1. The minimum Gasteiger partial charge on any atom is -0.480 e. The first-order chi connectivity index (χ1) is 12.9. The molecule has 0 spiro atoms. The van der Waals surface area contributed by atoms with Crippen molar-refractivity contribution < 1.29 is 14.5 Å². The van der Waals surface area contributed by atoms with Crippen molar-refractivity contribution in [2.45, 2.75) is 0 Å². The number of benzene rings is 2. The summed E-state index contributed by atoms with van der Waals surface area (Å²) in [5, 5.41) is 14.3. The summed E-state index contributed by atoms with van der Waals surface area (Å²) in [5.41, 5.74) is 0.947. The van der Waals surface area contributed by atoms with E-state index in [0.717, 1.165) is 9.86 Å². The van der Waals surface area contributed by atoms with Crippen molar-refractivity contribution in [1.82, 2.24) is 4.98 Å². The Hall–Kier alpha value is -2.04. The van der Waals surface area contributed by atoms with Crippen LogP contribution in [0.15, 0.2) is 56.0 Å². The molecule has 27 heavy (non-hydrogen) atoms. The Bertz CT molecular complexity index is 1060. The van der Waals surface area contributed by atoms with Crippen LogP contribution in [0, 0.1) is 10.1 Å². The lowest BCUT2D eigenvalue weighted by Crippen LogP contribution is -2.20. The van der Waals surface area contributed by atoms with Gasteiger partial charge in [0.1, 0.15) is 5.52 Å². The van der Waals surface area contributed by atoms with Gasteiger partial charge in [-0.3, -0.25) is 19.9 Å². The molecule has 10 heteroatoms. The number of hydrogen-bond donors (Lipinski definition) is 1. The number of nitrogens with one attached hydrogen (secondary N) is 1. The number of nitro benzene ring substituents is 1. The van der Waals surface area contributed by atoms with Gasteiger partial charge in [0.15, 0.2) is 12.4 Å². The number of non-ortho nitro benzene ring substituents is 1. The summed E-state index contributed by atoms with van der Waals surface area (Å²) in [4.78, 5) is 26.8. The van der Waals surface area contributed by atoms with E-state index in [4.69, 9.17) is 4.74 Å². The van der Waals surface area contributed by atoms with E-state index in [1.807, 2.05) is 18.2 Å². The molecule has 0 bridgehead atoms. The first-order valence-corrected chi connectivity index (χ1v) is 9.84. The normalized spacial score (nSPS) is 10.6. The van der Waals surface area contributed by atoms with E-state index in [0.29, 0.717) is 25.9 Å². The molecule has 7 nitrogen and oxygen atoms in total. The molecular weight excluding hydrogens is 550 g/mol. The average molecular weight is 560 g/mol. The molecule has 1 aromatic heterocycles. The van der Waals surface area contributed by atoms with Gasteiger partial charge in [-0.05, 0) is 50.1 Å². The van der Waals surface area contributed by atoms with Crippen LogP contribution in [0.4, 0.5) is 11.4 Å². The molecule has 2 aromatic carbocycles. The number of carbonyl (C=O) groups excluding carboxylic acids is 1. The number of anilines is 1. The molecule has 138 valence electrons. The van der Waals surface area contributed by atoms with Gasteiger partial charge in [0.2, 0.25) is 0 Å². The second kappa shape index (κ2) is 8.32. The summed E-state index contributed by atoms with van der Waals surface area (Å²) >= 11 is 10.1.